The summed E-state index contributed by atoms with van der Waals surface area (Å²) in [5.74, 6) is -0.400. The van der Waals surface area contributed by atoms with Gasteiger partial charge in [-0.05, 0) is 11.6 Å². The predicted octanol–water partition coefficient (Wildman–Crippen LogP) is 2.67. The fourth-order valence-corrected chi connectivity index (χ4v) is 2.52. The summed E-state index contributed by atoms with van der Waals surface area (Å²) in [6.07, 6.45) is 2.33. The molecule has 1 aromatic heterocycles. The Morgan fingerprint density at radius 2 is 2.14 bits per heavy atom. The van der Waals surface area contributed by atoms with Gasteiger partial charge in [0.05, 0.1) is 7.11 Å². The first kappa shape index (κ1) is 15.3. The fourth-order valence-electron chi connectivity index (χ4n) is 2.52. The van der Waals surface area contributed by atoms with Crippen molar-refractivity contribution in [1.29, 1.82) is 0 Å². The van der Waals surface area contributed by atoms with E-state index in [1.54, 1.807) is 0 Å². The van der Waals surface area contributed by atoms with Crippen molar-refractivity contribution < 1.29 is 9.53 Å². The number of aromatic amines is 1. The van der Waals surface area contributed by atoms with E-state index in [1.165, 1.54) is 7.11 Å². The Bertz CT molecular complexity index is 670. The van der Waals surface area contributed by atoms with Crippen LogP contribution in [0.2, 0.25) is 0 Å². The number of ether oxygens (including phenoxy) is 1. The van der Waals surface area contributed by atoms with E-state index >= 15 is 0 Å². The summed E-state index contributed by atoms with van der Waals surface area (Å²) >= 11 is 0. The highest BCUT2D eigenvalue weighted by molar-refractivity contribution is 5.86. The monoisotopic (exact) mass is 286 g/mol. The highest BCUT2D eigenvalue weighted by atomic mass is 16.5. The molecule has 0 aliphatic heterocycles. The lowest BCUT2D eigenvalue weighted by molar-refractivity contribution is -0.142. The summed E-state index contributed by atoms with van der Waals surface area (Å²) in [7, 11) is 1.35. The highest BCUT2D eigenvalue weighted by Gasteiger charge is 2.26. The highest BCUT2D eigenvalue weighted by Crippen LogP contribution is 2.33. The van der Waals surface area contributed by atoms with Gasteiger partial charge in [0.1, 0.15) is 6.04 Å². The van der Waals surface area contributed by atoms with Gasteiger partial charge in [-0.3, -0.25) is 4.79 Å². The SMILES string of the molecule is C=CC(C)(C)c1[nH]c2ccccc2c1C[C@H](N)C(=O)OC. The van der Waals surface area contributed by atoms with Crippen molar-refractivity contribution in [3.63, 3.8) is 0 Å². The van der Waals surface area contributed by atoms with Gasteiger partial charge in [-0.1, -0.05) is 38.1 Å². The topological polar surface area (TPSA) is 68.1 Å². The number of carbonyl (C=O) groups is 1. The first-order chi connectivity index (χ1) is 9.90. The van der Waals surface area contributed by atoms with Crippen LogP contribution in [0.3, 0.4) is 0 Å². The number of carbonyl (C=O) groups excluding carboxylic acids is 1. The number of nitrogens with one attached hydrogen (secondary N) is 1. The van der Waals surface area contributed by atoms with Crippen molar-refractivity contribution >= 4 is 16.9 Å². The fraction of sp³-hybridized carbons (Fsp3) is 0.353. The molecule has 0 saturated heterocycles. The third-order valence-electron chi connectivity index (χ3n) is 3.90. The van der Waals surface area contributed by atoms with Crippen LogP contribution in [0.25, 0.3) is 10.9 Å². The van der Waals surface area contributed by atoms with Crippen LogP contribution in [0, 0.1) is 0 Å². The van der Waals surface area contributed by atoms with Gasteiger partial charge < -0.3 is 15.5 Å². The molecule has 2 aromatic rings. The Morgan fingerprint density at radius 1 is 1.48 bits per heavy atom. The molecule has 2 rings (SSSR count). The van der Waals surface area contributed by atoms with E-state index in [0.29, 0.717) is 6.42 Å². The number of hydrogen-bond acceptors (Lipinski definition) is 3. The average Bonchev–Trinajstić information content (AvgIpc) is 2.86. The molecule has 0 bridgehead atoms. The molecule has 0 amide bonds. The van der Waals surface area contributed by atoms with Crippen molar-refractivity contribution in [2.45, 2.75) is 31.7 Å². The average molecular weight is 286 g/mol. The van der Waals surface area contributed by atoms with Crippen LogP contribution in [0.1, 0.15) is 25.1 Å². The normalized spacial score (nSPS) is 13.1. The second-order valence-electron chi connectivity index (χ2n) is 5.78. The maximum absolute atomic E-state index is 11.6. The maximum Gasteiger partial charge on any atom is 0.322 e. The molecule has 0 saturated carbocycles. The second kappa shape index (κ2) is 5.74. The van der Waals surface area contributed by atoms with Gasteiger partial charge in [-0.15, -0.1) is 6.58 Å². The van der Waals surface area contributed by atoms with Crippen LogP contribution in [0.4, 0.5) is 0 Å². The Kier molecular flexibility index (Phi) is 4.19. The number of fused-ring (bicyclic) bond motifs is 1. The number of rotatable bonds is 5. The molecule has 21 heavy (non-hydrogen) atoms. The van der Waals surface area contributed by atoms with Crippen molar-refractivity contribution in [2.24, 2.45) is 5.73 Å². The van der Waals surface area contributed by atoms with Gasteiger partial charge in [-0.2, -0.15) is 0 Å². The van der Waals surface area contributed by atoms with E-state index in [2.05, 4.69) is 25.4 Å². The second-order valence-corrected chi connectivity index (χ2v) is 5.78. The molecule has 0 radical (unpaired) electrons. The lowest BCUT2D eigenvalue weighted by Crippen LogP contribution is -2.34. The molecular weight excluding hydrogens is 264 g/mol. The minimum atomic E-state index is -0.673. The molecule has 0 aliphatic rings. The van der Waals surface area contributed by atoms with E-state index in [0.717, 1.165) is 22.2 Å². The van der Waals surface area contributed by atoms with E-state index < -0.39 is 12.0 Å². The zero-order valence-corrected chi connectivity index (χ0v) is 12.8. The maximum atomic E-state index is 11.6. The molecular formula is C17H22N2O2. The van der Waals surface area contributed by atoms with E-state index in [9.17, 15) is 4.79 Å². The third kappa shape index (κ3) is 2.85. The quantitative estimate of drug-likeness (QED) is 0.656. The molecule has 1 heterocycles. The van der Waals surface area contributed by atoms with Gasteiger partial charge in [0, 0.05) is 28.4 Å². The van der Waals surface area contributed by atoms with Crippen LogP contribution in [0.5, 0.6) is 0 Å². The first-order valence-electron chi connectivity index (χ1n) is 6.97. The Morgan fingerprint density at radius 3 is 2.76 bits per heavy atom. The summed E-state index contributed by atoms with van der Waals surface area (Å²) in [5, 5.41) is 1.08. The molecule has 112 valence electrons. The van der Waals surface area contributed by atoms with Crippen molar-refractivity contribution in [3.8, 4) is 0 Å². The van der Waals surface area contributed by atoms with Crippen LogP contribution in [-0.4, -0.2) is 24.1 Å². The smallest absolute Gasteiger partial charge is 0.322 e. The number of hydrogen-bond donors (Lipinski definition) is 2. The number of H-pyrrole nitrogens is 1. The number of benzene rings is 1. The van der Waals surface area contributed by atoms with Crippen molar-refractivity contribution in [3.05, 3.63) is 48.2 Å². The van der Waals surface area contributed by atoms with Gasteiger partial charge in [-0.25, -0.2) is 0 Å². The number of allylic oxidation sites excluding steroid dienone is 1. The summed E-state index contributed by atoms with van der Waals surface area (Å²) in [4.78, 5) is 15.1. The number of aromatic nitrogens is 1. The largest absolute Gasteiger partial charge is 0.468 e. The Labute approximate surface area is 125 Å². The zero-order valence-electron chi connectivity index (χ0n) is 12.8. The van der Waals surface area contributed by atoms with Crippen LogP contribution in [-0.2, 0) is 21.4 Å². The zero-order chi connectivity index (χ0) is 15.6. The lowest BCUT2D eigenvalue weighted by atomic mass is 9.85. The lowest BCUT2D eigenvalue weighted by Gasteiger charge is -2.21. The molecule has 1 aromatic carbocycles. The summed E-state index contributed by atoms with van der Waals surface area (Å²) in [6, 6.07) is 7.34. The number of para-hydroxylation sites is 1. The molecule has 0 fully saturated rings. The van der Waals surface area contributed by atoms with E-state index in [4.69, 9.17) is 10.5 Å². The summed E-state index contributed by atoms with van der Waals surface area (Å²) < 4.78 is 4.73. The predicted molar refractivity (Wildman–Crippen MR) is 85.2 cm³/mol. The molecule has 3 N–H and O–H groups in total. The minimum absolute atomic E-state index is 0.232. The van der Waals surface area contributed by atoms with Gasteiger partial charge in [0.15, 0.2) is 0 Å². The van der Waals surface area contributed by atoms with Gasteiger partial charge in [0.25, 0.3) is 0 Å². The first-order valence-corrected chi connectivity index (χ1v) is 6.97. The summed E-state index contributed by atoms with van der Waals surface area (Å²) in [5.41, 5.74) is 8.84. The van der Waals surface area contributed by atoms with Gasteiger partial charge in [0.2, 0.25) is 0 Å². The van der Waals surface area contributed by atoms with Crippen molar-refractivity contribution in [1.82, 2.24) is 4.98 Å². The van der Waals surface area contributed by atoms with Gasteiger partial charge >= 0.3 is 5.97 Å². The third-order valence-corrected chi connectivity index (χ3v) is 3.90. The molecule has 1 atom stereocenters. The number of methoxy groups -OCH3 is 1. The van der Waals surface area contributed by atoms with Crippen LogP contribution in [0.15, 0.2) is 36.9 Å². The van der Waals surface area contributed by atoms with E-state index in [-0.39, 0.29) is 5.41 Å². The Hall–Kier alpha value is -2.07. The molecule has 0 unspecified atom stereocenters. The molecule has 4 heteroatoms. The number of nitrogens with two attached hydrogens (primary N) is 1. The van der Waals surface area contributed by atoms with E-state index in [1.807, 2.05) is 30.3 Å². The molecule has 4 nitrogen and oxygen atoms in total. The summed E-state index contributed by atoms with van der Waals surface area (Å²) in [6.45, 7) is 8.07. The molecule has 0 aliphatic carbocycles. The minimum Gasteiger partial charge on any atom is -0.468 e. The van der Waals surface area contributed by atoms with Crippen LogP contribution >= 0.6 is 0 Å². The molecule has 0 spiro atoms. The van der Waals surface area contributed by atoms with Crippen molar-refractivity contribution in [2.75, 3.05) is 7.11 Å². The number of esters is 1. The Balaban J connectivity index is 2.56. The standard InChI is InChI=1S/C17H22N2O2/c1-5-17(2,3)15-12(10-13(18)16(20)21-4)11-8-6-7-9-14(11)19-15/h5-9,13,19H,1,10,18H2,2-4H3/t13-/m0/s1. The van der Waals surface area contributed by atoms with Crippen LogP contribution < -0.4 is 5.73 Å².